The van der Waals surface area contributed by atoms with Crippen LogP contribution in [0.1, 0.15) is 42.4 Å². The number of rotatable bonds is 5. The van der Waals surface area contributed by atoms with E-state index in [4.69, 9.17) is 5.73 Å². The highest BCUT2D eigenvalue weighted by Gasteiger charge is 2.49. The predicted molar refractivity (Wildman–Crippen MR) is 119 cm³/mol. The maximum atomic E-state index is 14.7. The van der Waals surface area contributed by atoms with E-state index in [0.717, 1.165) is 12.4 Å². The lowest BCUT2D eigenvalue weighted by Crippen LogP contribution is -2.52. The highest BCUT2D eigenvalue weighted by molar-refractivity contribution is 8.26. The summed E-state index contributed by atoms with van der Waals surface area (Å²) in [6.45, 7) is 3.03. The van der Waals surface area contributed by atoms with Gasteiger partial charge in [0.05, 0.1) is 23.8 Å². The van der Waals surface area contributed by atoms with Crippen molar-refractivity contribution in [2.45, 2.75) is 44.6 Å². The van der Waals surface area contributed by atoms with Crippen molar-refractivity contribution in [3.63, 3.8) is 0 Å². The van der Waals surface area contributed by atoms with E-state index < -0.39 is 39.3 Å². The molecule has 0 fully saturated rings. The Morgan fingerprint density at radius 2 is 1.91 bits per heavy atom. The Morgan fingerprint density at radius 3 is 2.48 bits per heavy atom. The van der Waals surface area contributed by atoms with Crippen molar-refractivity contribution in [2.24, 2.45) is 10.7 Å². The van der Waals surface area contributed by atoms with Crippen LogP contribution in [0, 0.1) is 12.9 Å². The number of amidine groups is 1. The molecule has 0 spiro atoms. The molecule has 5 N–H and O–H groups in total. The molecule has 3 rings (SSSR count). The number of carbonyl (C=O) groups excluding carboxylic acids is 1. The molecule has 33 heavy (non-hydrogen) atoms. The van der Waals surface area contributed by atoms with Gasteiger partial charge < -0.3 is 15.8 Å². The van der Waals surface area contributed by atoms with Crippen LogP contribution in [0.5, 0.6) is 5.75 Å². The highest BCUT2D eigenvalue weighted by atomic mass is 32.3. The molecule has 0 saturated heterocycles. The molecular formula is C20H24F3N5O4S. The van der Waals surface area contributed by atoms with Gasteiger partial charge >= 0.3 is 6.61 Å². The summed E-state index contributed by atoms with van der Waals surface area (Å²) in [6.07, 6.45) is 2.05. The number of nitrogens with two attached hydrogens (primary N) is 1. The summed E-state index contributed by atoms with van der Waals surface area (Å²) in [5.74, 6) is -2.15. The smallest absolute Gasteiger partial charge is 0.387 e. The fraction of sp³-hybridized carbons (Fsp3) is 0.400. The van der Waals surface area contributed by atoms with Gasteiger partial charge in [-0.25, -0.2) is 9.97 Å². The third kappa shape index (κ3) is 4.75. The monoisotopic (exact) mass is 487 g/mol. The van der Waals surface area contributed by atoms with Gasteiger partial charge in [-0.2, -0.15) is 23.8 Å². The third-order valence-corrected chi connectivity index (χ3v) is 8.26. The first kappa shape index (κ1) is 24.7. The van der Waals surface area contributed by atoms with Crippen LogP contribution in [0.25, 0.3) is 0 Å². The van der Waals surface area contributed by atoms with E-state index in [9.17, 15) is 27.1 Å². The van der Waals surface area contributed by atoms with Gasteiger partial charge in [0.1, 0.15) is 27.6 Å². The Labute approximate surface area is 189 Å². The number of pyridine rings is 2. The molecule has 2 aromatic rings. The molecule has 0 saturated carbocycles. The number of amides is 1. The van der Waals surface area contributed by atoms with Crippen LogP contribution in [0.2, 0.25) is 0 Å². The second kappa shape index (κ2) is 8.47. The van der Waals surface area contributed by atoms with Crippen molar-refractivity contribution in [3.8, 4) is 5.75 Å². The molecule has 2 aromatic heterocycles. The van der Waals surface area contributed by atoms with Crippen LogP contribution < -0.4 is 15.8 Å². The Hall–Kier alpha value is -2.90. The Balaban J connectivity index is 1.91. The van der Waals surface area contributed by atoms with Gasteiger partial charge in [-0.15, -0.1) is 0 Å². The van der Waals surface area contributed by atoms with Crippen LogP contribution in [0.15, 0.2) is 29.5 Å². The van der Waals surface area contributed by atoms with Crippen molar-refractivity contribution < 1.29 is 31.8 Å². The maximum Gasteiger partial charge on any atom is 0.387 e. The SMILES string of the molecule is Cc1cc(OC(F)F)cnc1C(=O)Nc1cnc(F)c([C@]2(C)CS(O)(O)C(C)(C)C(N)=N2)c1. The molecule has 1 atom stereocenters. The number of carbonyl (C=O) groups is 1. The van der Waals surface area contributed by atoms with Gasteiger partial charge in [0.25, 0.3) is 5.91 Å². The number of aryl methyl sites for hydroxylation is 1. The van der Waals surface area contributed by atoms with E-state index in [1.54, 1.807) is 13.8 Å². The molecule has 3 heterocycles. The molecule has 0 radical (unpaired) electrons. The third-order valence-electron chi connectivity index (χ3n) is 5.45. The number of hydrogen-bond acceptors (Lipinski definition) is 8. The number of nitrogens with zero attached hydrogens (tertiary/aromatic N) is 3. The number of hydrogen-bond donors (Lipinski definition) is 4. The Morgan fingerprint density at radius 1 is 1.24 bits per heavy atom. The zero-order valence-corrected chi connectivity index (χ0v) is 19.1. The van der Waals surface area contributed by atoms with Gasteiger partial charge in [0.15, 0.2) is 0 Å². The van der Waals surface area contributed by atoms with Gasteiger partial charge in [-0.1, -0.05) is 0 Å². The second-order valence-corrected chi connectivity index (χ2v) is 11.0. The fourth-order valence-corrected chi connectivity index (χ4v) is 5.09. The lowest BCUT2D eigenvalue weighted by molar-refractivity contribution is -0.0501. The van der Waals surface area contributed by atoms with Crippen LogP contribution in [-0.2, 0) is 5.54 Å². The minimum atomic E-state index is -3.29. The van der Waals surface area contributed by atoms with E-state index in [1.165, 1.54) is 26.0 Å². The van der Waals surface area contributed by atoms with Crippen molar-refractivity contribution in [1.82, 2.24) is 9.97 Å². The van der Waals surface area contributed by atoms with Crippen LogP contribution in [0.3, 0.4) is 0 Å². The molecule has 180 valence electrons. The predicted octanol–water partition coefficient (Wildman–Crippen LogP) is 3.89. The van der Waals surface area contributed by atoms with E-state index in [-0.39, 0.29) is 39.8 Å². The van der Waals surface area contributed by atoms with E-state index in [1.807, 2.05) is 0 Å². The van der Waals surface area contributed by atoms with E-state index >= 15 is 0 Å². The lowest BCUT2D eigenvalue weighted by atomic mass is 9.94. The minimum Gasteiger partial charge on any atom is -0.433 e. The summed E-state index contributed by atoms with van der Waals surface area (Å²) < 4.78 is 63.7. The highest BCUT2D eigenvalue weighted by Crippen LogP contribution is 2.59. The topological polar surface area (TPSA) is 143 Å². The quantitative estimate of drug-likeness (QED) is 0.469. The summed E-state index contributed by atoms with van der Waals surface area (Å²) in [5, 5.41) is 2.51. The minimum absolute atomic E-state index is 0.0454. The molecule has 1 aliphatic heterocycles. The summed E-state index contributed by atoms with van der Waals surface area (Å²) in [7, 11) is -3.29. The first-order valence-corrected chi connectivity index (χ1v) is 11.4. The summed E-state index contributed by atoms with van der Waals surface area (Å²) >= 11 is 0. The number of alkyl halides is 2. The number of aromatic nitrogens is 2. The molecule has 0 aliphatic carbocycles. The lowest BCUT2D eigenvalue weighted by Gasteiger charge is -2.53. The van der Waals surface area contributed by atoms with Gasteiger partial charge in [-0.3, -0.25) is 18.9 Å². The zero-order chi connectivity index (χ0) is 24.8. The largest absolute Gasteiger partial charge is 0.433 e. The average Bonchev–Trinajstić information content (AvgIpc) is 2.67. The number of nitrogens with one attached hydrogen (secondary N) is 1. The summed E-state index contributed by atoms with van der Waals surface area (Å²) in [4.78, 5) is 24.5. The first-order valence-electron chi connectivity index (χ1n) is 9.66. The molecule has 13 heteroatoms. The number of aliphatic imine (C=N–C) groups is 1. The maximum absolute atomic E-state index is 14.7. The molecule has 9 nitrogen and oxygen atoms in total. The normalized spacial score (nSPS) is 22.4. The molecule has 0 unspecified atom stereocenters. The summed E-state index contributed by atoms with van der Waals surface area (Å²) in [5.41, 5.74) is 4.73. The van der Waals surface area contributed by atoms with Crippen LogP contribution in [0.4, 0.5) is 18.9 Å². The van der Waals surface area contributed by atoms with Gasteiger partial charge in [0, 0.05) is 5.56 Å². The number of ether oxygens (including phenoxy) is 1. The second-order valence-electron chi connectivity index (χ2n) is 8.32. The van der Waals surface area contributed by atoms with Crippen LogP contribution in [-0.4, -0.2) is 47.9 Å². The van der Waals surface area contributed by atoms with Gasteiger partial charge in [-0.05, 0) is 45.4 Å². The van der Waals surface area contributed by atoms with Crippen LogP contribution >= 0.6 is 10.6 Å². The molecular weight excluding hydrogens is 463 g/mol. The Bertz CT molecular complexity index is 1130. The number of anilines is 1. The summed E-state index contributed by atoms with van der Waals surface area (Å²) in [6, 6.07) is 2.50. The van der Waals surface area contributed by atoms with Crippen molar-refractivity contribution in [1.29, 1.82) is 0 Å². The average molecular weight is 488 g/mol. The first-order chi connectivity index (χ1) is 15.2. The molecule has 1 amide bonds. The standard InChI is InChI=1S/C20H24F3N5O4S/c1-10-5-12(32-18(22)23)8-25-14(10)16(29)27-11-6-13(15(21)26-7-11)20(4)9-33(30,31)19(2,3)17(24)28-20/h5-8,18,30-31H,9H2,1-4H3,(H2,24,28)(H,27,29)/t20-/m0/s1. The molecule has 0 bridgehead atoms. The zero-order valence-electron chi connectivity index (χ0n) is 18.3. The van der Waals surface area contributed by atoms with Crippen molar-refractivity contribution in [2.75, 3.05) is 11.1 Å². The van der Waals surface area contributed by atoms with Crippen molar-refractivity contribution in [3.05, 3.63) is 47.3 Å². The fourth-order valence-electron chi connectivity index (χ4n) is 3.35. The molecule has 1 aliphatic rings. The number of halogens is 3. The Kier molecular flexibility index (Phi) is 6.35. The van der Waals surface area contributed by atoms with Crippen molar-refractivity contribution >= 4 is 28.0 Å². The van der Waals surface area contributed by atoms with Gasteiger partial charge in [0.2, 0.25) is 5.95 Å². The van der Waals surface area contributed by atoms with E-state index in [2.05, 4.69) is 25.0 Å². The van der Waals surface area contributed by atoms with E-state index in [0.29, 0.717) is 0 Å². The molecule has 0 aromatic carbocycles.